The Bertz CT molecular complexity index is 463. The minimum absolute atomic E-state index is 0.0735. The molecule has 0 aromatic carbocycles. The fourth-order valence-corrected chi connectivity index (χ4v) is 4.48. The first-order valence-corrected chi connectivity index (χ1v) is 8.65. The molecule has 1 fully saturated rings. The van der Waals surface area contributed by atoms with E-state index in [9.17, 15) is 4.79 Å². The van der Waals surface area contributed by atoms with Crippen LogP contribution in [0.4, 0.5) is 0 Å². The molecule has 2 heterocycles. The molecule has 2 atom stereocenters. The molecule has 0 spiro atoms. The fraction of sp³-hybridized carbons (Fsp3) is 0.643. The Balaban J connectivity index is 2.12. The van der Waals surface area contributed by atoms with Crippen LogP contribution in [-0.4, -0.2) is 47.9 Å². The minimum Gasteiger partial charge on any atom is -0.342 e. The topological polar surface area (TPSA) is 49.6 Å². The molecule has 1 aliphatic rings. The van der Waals surface area contributed by atoms with E-state index in [0.717, 1.165) is 37.1 Å². The van der Waals surface area contributed by atoms with Gasteiger partial charge in [0.15, 0.2) is 0 Å². The van der Waals surface area contributed by atoms with Crippen molar-refractivity contribution < 1.29 is 4.79 Å². The van der Waals surface area contributed by atoms with Crippen molar-refractivity contribution in [1.82, 2.24) is 9.80 Å². The van der Waals surface area contributed by atoms with E-state index in [1.165, 1.54) is 4.88 Å². The smallest absolute Gasteiger partial charge is 0.219 e. The van der Waals surface area contributed by atoms with Crippen molar-refractivity contribution in [3.63, 3.8) is 0 Å². The van der Waals surface area contributed by atoms with Crippen LogP contribution in [0.2, 0.25) is 0 Å². The molecule has 1 aliphatic heterocycles. The van der Waals surface area contributed by atoms with Gasteiger partial charge in [-0.3, -0.25) is 9.69 Å². The summed E-state index contributed by atoms with van der Waals surface area (Å²) in [6.45, 7) is 7.24. The van der Waals surface area contributed by atoms with Crippen LogP contribution in [0.15, 0.2) is 15.9 Å². The van der Waals surface area contributed by atoms with E-state index in [1.807, 2.05) is 4.90 Å². The van der Waals surface area contributed by atoms with Crippen molar-refractivity contribution in [2.45, 2.75) is 32.4 Å². The van der Waals surface area contributed by atoms with Gasteiger partial charge in [-0.2, -0.15) is 0 Å². The number of thiophene rings is 1. The standard InChI is InChI=1S/C14H22BrN3OS/c1-10(16)14(13-8-12(15)9-20-13)18-5-3-4-17(6-7-18)11(2)19/h8-10,14H,3-7,16H2,1-2H3. The van der Waals surface area contributed by atoms with Crippen molar-refractivity contribution in [2.75, 3.05) is 26.2 Å². The van der Waals surface area contributed by atoms with Crippen LogP contribution in [0.5, 0.6) is 0 Å². The number of hydrogen-bond acceptors (Lipinski definition) is 4. The van der Waals surface area contributed by atoms with Gasteiger partial charge in [-0.15, -0.1) is 11.3 Å². The third-order valence-electron chi connectivity index (χ3n) is 3.75. The molecule has 0 bridgehead atoms. The lowest BCUT2D eigenvalue weighted by Crippen LogP contribution is -2.41. The average molecular weight is 360 g/mol. The van der Waals surface area contributed by atoms with Crippen LogP contribution in [0.3, 0.4) is 0 Å². The summed E-state index contributed by atoms with van der Waals surface area (Å²) in [5.41, 5.74) is 6.22. The lowest BCUT2D eigenvalue weighted by Gasteiger charge is -2.32. The quantitative estimate of drug-likeness (QED) is 0.901. The molecule has 1 amide bonds. The fourth-order valence-electron chi connectivity index (χ4n) is 2.79. The highest BCUT2D eigenvalue weighted by Gasteiger charge is 2.27. The highest BCUT2D eigenvalue weighted by atomic mass is 79.9. The Morgan fingerprint density at radius 1 is 1.40 bits per heavy atom. The van der Waals surface area contributed by atoms with Crippen molar-refractivity contribution in [3.05, 3.63) is 20.8 Å². The molecule has 112 valence electrons. The van der Waals surface area contributed by atoms with E-state index in [4.69, 9.17) is 5.73 Å². The molecule has 1 aromatic rings. The number of carbonyl (C=O) groups is 1. The van der Waals surface area contributed by atoms with Crippen LogP contribution in [0.1, 0.15) is 31.2 Å². The molecule has 0 saturated carbocycles. The zero-order valence-electron chi connectivity index (χ0n) is 12.0. The maximum absolute atomic E-state index is 11.5. The monoisotopic (exact) mass is 359 g/mol. The van der Waals surface area contributed by atoms with Crippen LogP contribution in [0, 0.1) is 0 Å². The Labute approximate surface area is 133 Å². The summed E-state index contributed by atoms with van der Waals surface area (Å²) in [6, 6.07) is 2.47. The largest absolute Gasteiger partial charge is 0.342 e. The summed E-state index contributed by atoms with van der Waals surface area (Å²) in [4.78, 5) is 17.2. The van der Waals surface area contributed by atoms with Gasteiger partial charge >= 0.3 is 0 Å². The van der Waals surface area contributed by atoms with Gasteiger partial charge in [-0.1, -0.05) is 0 Å². The zero-order valence-corrected chi connectivity index (χ0v) is 14.4. The molecular weight excluding hydrogens is 338 g/mol. The van der Waals surface area contributed by atoms with Crippen molar-refractivity contribution >= 4 is 33.2 Å². The Morgan fingerprint density at radius 3 is 2.70 bits per heavy atom. The highest BCUT2D eigenvalue weighted by Crippen LogP contribution is 2.31. The number of nitrogens with zero attached hydrogens (tertiary/aromatic N) is 2. The maximum Gasteiger partial charge on any atom is 0.219 e. The molecule has 1 aromatic heterocycles. The van der Waals surface area contributed by atoms with E-state index in [-0.39, 0.29) is 18.0 Å². The molecule has 0 radical (unpaired) electrons. The van der Waals surface area contributed by atoms with Gasteiger partial charge in [0, 0.05) is 53.9 Å². The van der Waals surface area contributed by atoms with Crippen molar-refractivity contribution in [1.29, 1.82) is 0 Å². The first-order chi connectivity index (χ1) is 9.49. The second kappa shape index (κ2) is 7.02. The molecular formula is C14H22BrN3OS. The van der Waals surface area contributed by atoms with Gasteiger partial charge < -0.3 is 10.6 Å². The van der Waals surface area contributed by atoms with E-state index in [1.54, 1.807) is 18.3 Å². The van der Waals surface area contributed by atoms with Gasteiger partial charge in [0.2, 0.25) is 5.91 Å². The van der Waals surface area contributed by atoms with E-state index >= 15 is 0 Å². The first kappa shape index (κ1) is 15.9. The maximum atomic E-state index is 11.5. The second-order valence-electron chi connectivity index (χ2n) is 5.37. The Morgan fingerprint density at radius 2 is 2.15 bits per heavy atom. The lowest BCUT2D eigenvalue weighted by atomic mass is 10.1. The predicted molar refractivity (Wildman–Crippen MR) is 86.9 cm³/mol. The summed E-state index contributed by atoms with van der Waals surface area (Å²) in [5, 5.41) is 2.10. The SMILES string of the molecule is CC(=O)N1CCCN(C(c2cc(Br)cs2)C(C)N)CC1. The molecule has 2 N–H and O–H groups in total. The van der Waals surface area contributed by atoms with Gasteiger partial charge in [-0.25, -0.2) is 0 Å². The summed E-state index contributed by atoms with van der Waals surface area (Å²) >= 11 is 5.26. The van der Waals surface area contributed by atoms with E-state index in [2.05, 4.69) is 39.2 Å². The zero-order chi connectivity index (χ0) is 14.7. The molecule has 20 heavy (non-hydrogen) atoms. The normalized spacial score (nSPS) is 20.5. The van der Waals surface area contributed by atoms with Gasteiger partial charge in [0.05, 0.1) is 6.04 Å². The van der Waals surface area contributed by atoms with Crippen LogP contribution < -0.4 is 5.73 Å². The Hall–Kier alpha value is -0.430. The number of carbonyl (C=O) groups excluding carboxylic acids is 1. The van der Waals surface area contributed by atoms with Gasteiger partial charge in [0.25, 0.3) is 0 Å². The third-order valence-corrected chi connectivity index (χ3v) is 5.51. The number of halogens is 1. The molecule has 4 nitrogen and oxygen atoms in total. The lowest BCUT2D eigenvalue weighted by molar-refractivity contribution is -0.128. The number of nitrogens with two attached hydrogens (primary N) is 1. The third kappa shape index (κ3) is 3.81. The molecule has 2 rings (SSSR count). The summed E-state index contributed by atoms with van der Waals surface area (Å²) in [6.07, 6.45) is 1.01. The second-order valence-corrected chi connectivity index (χ2v) is 7.23. The summed E-state index contributed by atoms with van der Waals surface area (Å²) in [7, 11) is 0. The van der Waals surface area contributed by atoms with Gasteiger partial charge in [-0.05, 0) is 35.3 Å². The molecule has 2 unspecified atom stereocenters. The first-order valence-electron chi connectivity index (χ1n) is 6.98. The highest BCUT2D eigenvalue weighted by molar-refractivity contribution is 9.10. The summed E-state index contributed by atoms with van der Waals surface area (Å²) < 4.78 is 1.11. The van der Waals surface area contributed by atoms with Crippen LogP contribution >= 0.6 is 27.3 Å². The number of amides is 1. The molecule has 1 saturated heterocycles. The van der Waals surface area contributed by atoms with Crippen molar-refractivity contribution in [3.8, 4) is 0 Å². The minimum atomic E-state index is 0.0735. The van der Waals surface area contributed by atoms with E-state index in [0.29, 0.717) is 0 Å². The van der Waals surface area contributed by atoms with Crippen LogP contribution in [0.25, 0.3) is 0 Å². The van der Waals surface area contributed by atoms with Gasteiger partial charge in [0.1, 0.15) is 0 Å². The molecule has 6 heteroatoms. The number of hydrogen-bond donors (Lipinski definition) is 1. The Kier molecular flexibility index (Phi) is 5.60. The molecule has 0 aliphatic carbocycles. The van der Waals surface area contributed by atoms with E-state index < -0.39 is 0 Å². The van der Waals surface area contributed by atoms with Crippen molar-refractivity contribution in [2.24, 2.45) is 5.73 Å². The number of rotatable bonds is 3. The average Bonchev–Trinajstić information content (AvgIpc) is 2.63. The summed E-state index contributed by atoms with van der Waals surface area (Å²) in [5.74, 6) is 0.170. The van der Waals surface area contributed by atoms with Crippen LogP contribution in [-0.2, 0) is 4.79 Å². The predicted octanol–water partition coefficient (Wildman–Crippen LogP) is 2.45.